The lowest BCUT2D eigenvalue weighted by Crippen LogP contribution is -2.14. The van der Waals surface area contributed by atoms with Crippen molar-refractivity contribution in [3.63, 3.8) is 0 Å². The molecule has 2 heterocycles. The third-order valence-electron chi connectivity index (χ3n) is 4.91. The maximum Gasteiger partial charge on any atom is 0.337 e. The molecule has 0 bridgehead atoms. The number of fused-ring (bicyclic) bond motifs is 1. The number of hydrogen-bond donors (Lipinski definition) is 3. The Morgan fingerprint density at radius 3 is 2.86 bits per heavy atom. The van der Waals surface area contributed by atoms with E-state index in [1.807, 2.05) is 0 Å². The summed E-state index contributed by atoms with van der Waals surface area (Å²) in [6, 6.07) is 6.42. The number of pyridine rings is 1. The second kappa shape index (κ2) is 7.67. The van der Waals surface area contributed by atoms with Crippen LogP contribution in [0.3, 0.4) is 0 Å². The van der Waals surface area contributed by atoms with Crippen molar-refractivity contribution in [2.75, 3.05) is 11.9 Å². The van der Waals surface area contributed by atoms with Gasteiger partial charge in [0.1, 0.15) is 11.3 Å². The normalized spacial score (nSPS) is 14.3. The van der Waals surface area contributed by atoms with E-state index in [1.165, 1.54) is 37.9 Å². The number of carbonyl (C=O) groups excluding carboxylic acids is 1. The Kier molecular flexibility index (Phi) is 4.92. The molecule has 28 heavy (non-hydrogen) atoms. The van der Waals surface area contributed by atoms with Gasteiger partial charge in [0.2, 0.25) is 5.95 Å². The number of carbonyl (C=O) groups is 2. The summed E-state index contributed by atoms with van der Waals surface area (Å²) >= 11 is 0. The Morgan fingerprint density at radius 2 is 2.07 bits per heavy atom. The van der Waals surface area contributed by atoms with Crippen molar-refractivity contribution < 1.29 is 19.4 Å². The van der Waals surface area contributed by atoms with Gasteiger partial charge in [-0.3, -0.25) is 15.1 Å². The first kappa shape index (κ1) is 18.0. The minimum Gasteiger partial charge on any atom is -0.492 e. The summed E-state index contributed by atoms with van der Waals surface area (Å²) < 4.78 is 5.79. The highest BCUT2D eigenvalue weighted by Gasteiger charge is 2.17. The molecule has 0 saturated heterocycles. The van der Waals surface area contributed by atoms with Gasteiger partial charge >= 0.3 is 5.97 Å². The van der Waals surface area contributed by atoms with Crippen LogP contribution in [0.25, 0.3) is 11.0 Å². The number of amides is 1. The van der Waals surface area contributed by atoms with Crippen molar-refractivity contribution in [1.82, 2.24) is 15.0 Å². The van der Waals surface area contributed by atoms with Gasteiger partial charge in [0.25, 0.3) is 5.91 Å². The standard InChI is InChI=1S/C20H20N4O4/c25-18(13-8-14(10-21-9-13)28-11-12-4-1-2-5-12)24-20-22-16-7-3-6-15(19(26)27)17(16)23-20/h3,6-10,12H,1-2,4-5,11H2,(H,26,27)(H2,22,23,24,25). The summed E-state index contributed by atoms with van der Waals surface area (Å²) in [7, 11) is 0. The molecule has 1 aromatic carbocycles. The third-order valence-corrected chi connectivity index (χ3v) is 4.91. The van der Waals surface area contributed by atoms with Crippen LogP contribution in [0.5, 0.6) is 5.75 Å². The Labute approximate surface area is 161 Å². The number of aromatic amines is 1. The minimum atomic E-state index is -1.08. The van der Waals surface area contributed by atoms with Gasteiger partial charge in [-0.2, -0.15) is 0 Å². The van der Waals surface area contributed by atoms with Crippen LogP contribution in [0, 0.1) is 5.92 Å². The van der Waals surface area contributed by atoms with Crippen molar-refractivity contribution in [3.8, 4) is 5.75 Å². The van der Waals surface area contributed by atoms with Gasteiger partial charge in [0.05, 0.1) is 29.4 Å². The van der Waals surface area contributed by atoms with Crippen LogP contribution < -0.4 is 10.1 Å². The van der Waals surface area contributed by atoms with Gasteiger partial charge in [0.15, 0.2) is 0 Å². The van der Waals surface area contributed by atoms with E-state index in [0.29, 0.717) is 29.4 Å². The van der Waals surface area contributed by atoms with Crippen LogP contribution in [-0.4, -0.2) is 38.5 Å². The van der Waals surface area contributed by atoms with Crippen LogP contribution >= 0.6 is 0 Å². The SMILES string of the molecule is O=C(Nc1nc2c(C(=O)O)cccc2[nH]1)c1cncc(OCC2CCCC2)c1. The Bertz CT molecular complexity index is 1020. The Morgan fingerprint density at radius 1 is 1.25 bits per heavy atom. The number of aromatic carboxylic acids is 1. The smallest absolute Gasteiger partial charge is 0.337 e. The first-order valence-electron chi connectivity index (χ1n) is 9.21. The van der Waals surface area contributed by atoms with E-state index < -0.39 is 11.9 Å². The highest BCUT2D eigenvalue weighted by Crippen LogP contribution is 2.26. The molecule has 0 atom stereocenters. The number of aromatic nitrogens is 3. The molecule has 0 unspecified atom stereocenters. The van der Waals surface area contributed by atoms with Crippen molar-refractivity contribution in [1.29, 1.82) is 0 Å². The number of rotatable bonds is 6. The maximum atomic E-state index is 12.5. The number of hydrogen-bond acceptors (Lipinski definition) is 5. The third kappa shape index (κ3) is 3.80. The first-order valence-corrected chi connectivity index (χ1v) is 9.21. The number of anilines is 1. The van der Waals surface area contributed by atoms with Crippen molar-refractivity contribution >= 4 is 28.9 Å². The number of para-hydroxylation sites is 1. The first-order chi connectivity index (χ1) is 13.6. The number of carboxylic acid groups (broad SMARTS) is 1. The molecule has 8 nitrogen and oxygen atoms in total. The summed E-state index contributed by atoms with van der Waals surface area (Å²) in [4.78, 5) is 35.0. The molecular formula is C20H20N4O4. The fraction of sp³-hybridized carbons (Fsp3) is 0.300. The number of ether oxygens (including phenoxy) is 1. The lowest BCUT2D eigenvalue weighted by Gasteiger charge is -2.11. The van der Waals surface area contributed by atoms with Crippen LogP contribution in [-0.2, 0) is 0 Å². The summed E-state index contributed by atoms with van der Waals surface area (Å²) in [5.41, 5.74) is 1.22. The lowest BCUT2D eigenvalue weighted by molar-refractivity contribution is 0.0698. The van der Waals surface area contributed by atoms with Crippen LogP contribution in [0.15, 0.2) is 36.7 Å². The predicted molar refractivity (Wildman–Crippen MR) is 103 cm³/mol. The molecule has 3 aromatic rings. The number of H-pyrrole nitrogens is 1. The largest absolute Gasteiger partial charge is 0.492 e. The number of carboxylic acids is 1. The summed E-state index contributed by atoms with van der Waals surface area (Å²) in [5.74, 6) is -0.194. The second-order valence-electron chi connectivity index (χ2n) is 6.92. The highest BCUT2D eigenvalue weighted by atomic mass is 16.5. The molecule has 144 valence electrons. The molecule has 1 amide bonds. The number of nitrogens with one attached hydrogen (secondary N) is 2. The molecule has 1 fully saturated rings. The Balaban J connectivity index is 1.47. The van der Waals surface area contributed by atoms with E-state index in [1.54, 1.807) is 24.4 Å². The molecule has 1 aliphatic rings. The van der Waals surface area contributed by atoms with Gasteiger partial charge in [0, 0.05) is 6.20 Å². The van der Waals surface area contributed by atoms with Gasteiger partial charge < -0.3 is 14.8 Å². The van der Waals surface area contributed by atoms with Crippen molar-refractivity contribution in [2.24, 2.45) is 5.92 Å². The quantitative estimate of drug-likeness (QED) is 0.603. The van der Waals surface area contributed by atoms with E-state index in [9.17, 15) is 14.7 Å². The average molecular weight is 380 g/mol. The van der Waals surface area contributed by atoms with E-state index in [-0.39, 0.29) is 17.0 Å². The fourth-order valence-corrected chi connectivity index (χ4v) is 3.46. The van der Waals surface area contributed by atoms with Gasteiger partial charge in [-0.15, -0.1) is 0 Å². The van der Waals surface area contributed by atoms with Gasteiger partial charge in [-0.25, -0.2) is 9.78 Å². The van der Waals surface area contributed by atoms with Crippen molar-refractivity contribution in [3.05, 3.63) is 47.8 Å². The summed E-state index contributed by atoms with van der Waals surface area (Å²) in [6.45, 7) is 0.633. The monoisotopic (exact) mass is 380 g/mol. The number of imidazole rings is 1. The lowest BCUT2D eigenvalue weighted by atomic mass is 10.1. The molecule has 0 aliphatic heterocycles. The topological polar surface area (TPSA) is 117 Å². The molecular weight excluding hydrogens is 360 g/mol. The summed E-state index contributed by atoms with van der Waals surface area (Å²) in [5, 5.41) is 11.9. The zero-order valence-electron chi connectivity index (χ0n) is 15.1. The van der Waals surface area contributed by atoms with Crippen LogP contribution in [0.1, 0.15) is 46.4 Å². The van der Waals surface area contributed by atoms with E-state index in [2.05, 4.69) is 20.3 Å². The average Bonchev–Trinajstić information content (AvgIpc) is 3.35. The van der Waals surface area contributed by atoms with E-state index >= 15 is 0 Å². The molecule has 3 N–H and O–H groups in total. The zero-order chi connectivity index (χ0) is 19.5. The molecule has 4 rings (SSSR count). The van der Waals surface area contributed by atoms with Crippen LogP contribution in [0.4, 0.5) is 5.95 Å². The molecule has 8 heteroatoms. The molecule has 1 saturated carbocycles. The zero-order valence-corrected chi connectivity index (χ0v) is 15.1. The molecule has 0 radical (unpaired) electrons. The van der Waals surface area contributed by atoms with E-state index in [0.717, 1.165) is 0 Å². The minimum absolute atomic E-state index is 0.0678. The second-order valence-corrected chi connectivity index (χ2v) is 6.92. The Hall–Kier alpha value is -3.42. The number of benzene rings is 1. The molecule has 1 aliphatic carbocycles. The highest BCUT2D eigenvalue weighted by molar-refractivity contribution is 6.05. The molecule has 2 aromatic heterocycles. The predicted octanol–water partition coefficient (Wildman–Crippen LogP) is 3.48. The van der Waals surface area contributed by atoms with Gasteiger partial charge in [-0.1, -0.05) is 18.9 Å². The van der Waals surface area contributed by atoms with Gasteiger partial charge in [-0.05, 0) is 37.0 Å². The molecule has 0 spiro atoms. The summed E-state index contributed by atoms with van der Waals surface area (Å²) in [6.07, 6.45) is 7.89. The fourth-order valence-electron chi connectivity index (χ4n) is 3.46. The van der Waals surface area contributed by atoms with E-state index in [4.69, 9.17) is 4.74 Å². The maximum absolute atomic E-state index is 12.5. The van der Waals surface area contributed by atoms with Crippen molar-refractivity contribution in [2.45, 2.75) is 25.7 Å². The van der Waals surface area contributed by atoms with Crippen LogP contribution in [0.2, 0.25) is 0 Å². The number of nitrogens with zero attached hydrogens (tertiary/aromatic N) is 2.